The number of carbonyl (C=O) groups is 1. The summed E-state index contributed by atoms with van der Waals surface area (Å²) in [5.74, 6) is 1.54. The average Bonchev–Trinajstić information content (AvgIpc) is 3.73. The fourth-order valence-corrected chi connectivity index (χ4v) is 6.58. The molecule has 1 saturated heterocycles. The molecular formula is C32H37N3O2. The van der Waals surface area contributed by atoms with Crippen molar-refractivity contribution in [1.29, 1.82) is 0 Å². The average molecular weight is 496 g/mol. The van der Waals surface area contributed by atoms with Gasteiger partial charge in [0.1, 0.15) is 0 Å². The van der Waals surface area contributed by atoms with Gasteiger partial charge < -0.3 is 10.3 Å². The molecule has 1 aromatic heterocycles. The number of likely N-dealkylation sites (tertiary alicyclic amines) is 1. The smallest absolute Gasteiger partial charge is 0.251 e. The predicted molar refractivity (Wildman–Crippen MR) is 148 cm³/mol. The van der Waals surface area contributed by atoms with Crippen LogP contribution in [0.3, 0.4) is 0 Å². The number of fused-ring (bicyclic) bond motifs is 4. The van der Waals surface area contributed by atoms with E-state index >= 15 is 0 Å². The Labute approximate surface area is 219 Å². The Balaban J connectivity index is 1.09. The highest BCUT2D eigenvalue weighted by molar-refractivity contribution is 5.94. The molecule has 1 unspecified atom stereocenters. The number of carbonyl (C=O) groups excluding carboxylic acids is 1. The molecule has 6 rings (SSSR count). The minimum absolute atomic E-state index is 0.0113. The van der Waals surface area contributed by atoms with Crippen LogP contribution < -0.4 is 10.9 Å². The van der Waals surface area contributed by atoms with Crippen LogP contribution in [-0.2, 0) is 18.3 Å². The van der Waals surface area contributed by atoms with E-state index in [-0.39, 0.29) is 16.9 Å². The van der Waals surface area contributed by atoms with Crippen molar-refractivity contribution in [2.24, 2.45) is 11.8 Å². The highest BCUT2D eigenvalue weighted by Crippen LogP contribution is 2.49. The van der Waals surface area contributed by atoms with Crippen molar-refractivity contribution in [3.05, 3.63) is 93.4 Å². The number of aromatic nitrogens is 1. The van der Waals surface area contributed by atoms with Crippen molar-refractivity contribution < 1.29 is 4.79 Å². The SMILES string of the molecule is C[C@H]1[C@H]2Cc3ccc(C(=O)NCCc4ccc(-c5ccc(=O)[nH]c5)cc4)cc3C1(C)CCN2CC1CC1. The van der Waals surface area contributed by atoms with E-state index in [1.807, 2.05) is 12.1 Å². The molecule has 5 heteroatoms. The molecule has 3 atom stereocenters. The van der Waals surface area contributed by atoms with E-state index in [4.69, 9.17) is 0 Å². The van der Waals surface area contributed by atoms with Crippen LogP contribution in [0.25, 0.3) is 11.1 Å². The maximum atomic E-state index is 13.1. The second kappa shape index (κ2) is 9.60. The molecule has 0 spiro atoms. The first-order valence-corrected chi connectivity index (χ1v) is 13.8. The summed E-state index contributed by atoms with van der Waals surface area (Å²) in [7, 11) is 0. The lowest BCUT2D eigenvalue weighted by atomic mass is 9.59. The Morgan fingerprint density at radius 3 is 2.59 bits per heavy atom. The van der Waals surface area contributed by atoms with Gasteiger partial charge in [-0.25, -0.2) is 0 Å². The van der Waals surface area contributed by atoms with Crippen LogP contribution >= 0.6 is 0 Å². The lowest BCUT2D eigenvalue weighted by Crippen LogP contribution is -2.58. The molecule has 0 radical (unpaired) electrons. The first-order valence-electron chi connectivity index (χ1n) is 13.8. The van der Waals surface area contributed by atoms with Crippen LogP contribution in [0.2, 0.25) is 0 Å². The van der Waals surface area contributed by atoms with Crippen molar-refractivity contribution in [1.82, 2.24) is 15.2 Å². The molecule has 1 saturated carbocycles. The summed E-state index contributed by atoms with van der Waals surface area (Å²) in [4.78, 5) is 29.8. The van der Waals surface area contributed by atoms with Gasteiger partial charge in [-0.1, -0.05) is 44.2 Å². The van der Waals surface area contributed by atoms with Gasteiger partial charge >= 0.3 is 0 Å². The number of benzene rings is 2. The topological polar surface area (TPSA) is 65.2 Å². The fourth-order valence-electron chi connectivity index (χ4n) is 6.58. The first-order chi connectivity index (χ1) is 17.9. The number of nitrogens with one attached hydrogen (secondary N) is 2. The molecule has 2 N–H and O–H groups in total. The number of H-pyrrole nitrogens is 1. The standard InChI is InChI=1S/C32H37N3O2/c1-21-29-18-25-9-10-26(17-28(25)32(21,2)14-16-35(29)20-23-3-4-23)31(37)33-15-13-22-5-7-24(8-6-22)27-11-12-30(36)34-19-27/h5-12,17,19,21,23,29H,3-4,13-16,18,20H2,1-2H3,(H,33,37)(H,34,36)/t21-,29+,32?/m0/s1. The number of hydrogen-bond acceptors (Lipinski definition) is 3. The van der Waals surface area contributed by atoms with Gasteiger partial charge in [0, 0.05) is 37.0 Å². The number of pyridine rings is 1. The quantitative estimate of drug-likeness (QED) is 0.488. The zero-order valence-electron chi connectivity index (χ0n) is 21.9. The molecule has 2 aromatic carbocycles. The van der Waals surface area contributed by atoms with Crippen molar-refractivity contribution in [3.63, 3.8) is 0 Å². The van der Waals surface area contributed by atoms with Crippen LogP contribution in [0.1, 0.15) is 60.2 Å². The summed E-state index contributed by atoms with van der Waals surface area (Å²) in [6.45, 7) is 7.91. The van der Waals surface area contributed by atoms with E-state index in [0.717, 1.165) is 35.4 Å². The lowest BCUT2D eigenvalue weighted by Gasteiger charge is -2.55. The Morgan fingerprint density at radius 2 is 1.86 bits per heavy atom. The second-order valence-corrected chi connectivity index (χ2v) is 11.7. The summed E-state index contributed by atoms with van der Waals surface area (Å²) in [6.07, 6.45) is 7.60. The minimum atomic E-state index is -0.0999. The molecule has 5 nitrogen and oxygen atoms in total. The summed E-state index contributed by atoms with van der Waals surface area (Å²) >= 11 is 0. The Kier molecular flexibility index (Phi) is 6.28. The van der Waals surface area contributed by atoms with E-state index in [1.54, 1.807) is 6.20 Å². The number of rotatable bonds is 7. The number of hydrogen-bond donors (Lipinski definition) is 2. The first kappa shape index (κ1) is 24.2. The molecule has 2 fully saturated rings. The largest absolute Gasteiger partial charge is 0.352 e. The Hall–Kier alpha value is -3.18. The van der Waals surface area contributed by atoms with E-state index < -0.39 is 0 Å². The van der Waals surface area contributed by atoms with Gasteiger partial charge in [-0.15, -0.1) is 0 Å². The van der Waals surface area contributed by atoms with Gasteiger partial charge in [-0.3, -0.25) is 14.5 Å². The third kappa shape index (κ3) is 4.77. The van der Waals surface area contributed by atoms with Crippen molar-refractivity contribution in [2.45, 2.75) is 57.4 Å². The zero-order valence-corrected chi connectivity index (χ0v) is 21.9. The molecule has 2 heterocycles. The summed E-state index contributed by atoms with van der Waals surface area (Å²) in [5.41, 5.74) is 6.86. The highest BCUT2D eigenvalue weighted by Gasteiger charge is 2.49. The maximum Gasteiger partial charge on any atom is 0.251 e. The summed E-state index contributed by atoms with van der Waals surface area (Å²) in [5, 5.41) is 3.13. The van der Waals surface area contributed by atoms with Crippen LogP contribution in [0, 0.1) is 11.8 Å². The molecule has 1 aliphatic heterocycles. The van der Waals surface area contributed by atoms with Crippen LogP contribution in [0.5, 0.6) is 0 Å². The van der Waals surface area contributed by atoms with Gasteiger partial charge in [0.15, 0.2) is 0 Å². The monoisotopic (exact) mass is 495 g/mol. The number of piperidine rings is 1. The molecule has 37 heavy (non-hydrogen) atoms. The van der Waals surface area contributed by atoms with Gasteiger partial charge in [-0.05, 0) is 102 Å². The van der Waals surface area contributed by atoms with Crippen LogP contribution in [-0.4, -0.2) is 41.5 Å². The van der Waals surface area contributed by atoms with Crippen LogP contribution in [0.15, 0.2) is 65.6 Å². The van der Waals surface area contributed by atoms with E-state index in [9.17, 15) is 9.59 Å². The van der Waals surface area contributed by atoms with E-state index in [1.165, 1.54) is 55.1 Å². The van der Waals surface area contributed by atoms with Gasteiger partial charge in [0.25, 0.3) is 5.91 Å². The predicted octanol–water partition coefficient (Wildman–Crippen LogP) is 4.95. The Morgan fingerprint density at radius 1 is 1.08 bits per heavy atom. The Bertz CT molecular complexity index is 1340. The maximum absolute atomic E-state index is 13.1. The normalized spacial score (nSPS) is 24.9. The van der Waals surface area contributed by atoms with Crippen LogP contribution in [0.4, 0.5) is 0 Å². The van der Waals surface area contributed by atoms with Gasteiger partial charge in [0.2, 0.25) is 5.56 Å². The van der Waals surface area contributed by atoms with E-state index in [0.29, 0.717) is 18.5 Å². The molecule has 2 bridgehead atoms. The zero-order chi connectivity index (χ0) is 25.6. The molecular weight excluding hydrogens is 458 g/mol. The number of amides is 1. The molecule has 2 aliphatic carbocycles. The van der Waals surface area contributed by atoms with Crippen molar-refractivity contribution in [3.8, 4) is 11.1 Å². The lowest BCUT2D eigenvalue weighted by molar-refractivity contribution is 0.0284. The molecule has 192 valence electrons. The molecule has 1 amide bonds. The van der Waals surface area contributed by atoms with Crippen molar-refractivity contribution >= 4 is 5.91 Å². The molecule has 3 aliphatic rings. The highest BCUT2D eigenvalue weighted by atomic mass is 16.1. The summed E-state index contributed by atoms with van der Waals surface area (Å²) < 4.78 is 0. The number of nitrogens with zero attached hydrogens (tertiary/aromatic N) is 1. The van der Waals surface area contributed by atoms with Crippen molar-refractivity contribution in [2.75, 3.05) is 19.6 Å². The fraction of sp³-hybridized carbons (Fsp3) is 0.438. The third-order valence-corrected chi connectivity index (χ3v) is 9.35. The second-order valence-electron chi connectivity index (χ2n) is 11.7. The van der Waals surface area contributed by atoms with Gasteiger partial charge in [-0.2, -0.15) is 0 Å². The number of aromatic amines is 1. The van der Waals surface area contributed by atoms with Gasteiger partial charge in [0.05, 0.1) is 0 Å². The third-order valence-electron chi connectivity index (χ3n) is 9.35. The minimum Gasteiger partial charge on any atom is -0.352 e. The van der Waals surface area contributed by atoms with E-state index in [2.05, 4.69) is 65.4 Å². The molecule has 3 aromatic rings. The summed E-state index contributed by atoms with van der Waals surface area (Å²) in [6, 6.07) is 18.7.